The number of nitrogens with one attached hydrogen (secondary N) is 1. The van der Waals surface area contributed by atoms with Crippen LogP contribution >= 0.6 is 0 Å². The largest absolute Gasteiger partial charge is 0.458 e. The van der Waals surface area contributed by atoms with E-state index in [-0.39, 0.29) is 35.3 Å². The molecule has 0 saturated heterocycles. The highest BCUT2D eigenvalue weighted by Gasteiger charge is 2.35. The molecule has 1 aromatic rings. The number of fused-ring (bicyclic) bond motifs is 1. The predicted octanol–water partition coefficient (Wildman–Crippen LogP) is 0.746. The van der Waals surface area contributed by atoms with Gasteiger partial charge >= 0.3 is 5.97 Å². The third kappa shape index (κ3) is 2.46. The fourth-order valence-electron chi connectivity index (χ4n) is 2.23. The van der Waals surface area contributed by atoms with Crippen molar-refractivity contribution in [2.45, 2.75) is 27.4 Å². The van der Waals surface area contributed by atoms with Crippen molar-refractivity contribution >= 4 is 17.5 Å². The predicted molar refractivity (Wildman–Crippen MR) is 73.7 cm³/mol. The summed E-state index contributed by atoms with van der Waals surface area (Å²) in [4.78, 5) is 39.9. The average molecular weight is 291 g/mol. The lowest BCUT2D eigenvalue weighted by atomic mass is 9.95. The van der Waals surface area contributed by atoms with Crippen molar-refractivity contribution in [2.75, 3.05) is 6.54 Å². The van der Waals surface area contributed by atoms with Crippen molar-refractivity contribution in [3.63, 3.8) is 0 Å². The molecule has 0 spiro atoms. The minimum Gasteiger partial charge on any atom is -0.458 e. The zero-order valence-electron chi connectivity index (χ0n) is 12.4. The Balaban J connectivity index is 2.46. The number of esters is 1. The van der Waals surface area contributed by atoms with Gasteiger partial charge in [-0.05, 0) is 13.8 Å². The van der Waals surface area contributed by atoms with Gasteiger partial charge in [0.2, 0.25) is 11.6 Å². The minimum absolute atomic E-state index is 0.0744. The van der Waals surface area contributed by atoms with Gasteiger partial charge in [-0.1, -0.05) is 0 Å². The Morgan fingerprint density at radius 2 is 2.00 bits per heavy atom. The van der Waals surface area contributed by atoms with E-state index in [2.05, 4.69) is 10.3 Å². The quantitative estimate of drug-likeness (QED) is 0.823. The molecular formula is C14H17N3O4. The van der Waals surface area contributed by atoms with Gasteiger partial charge in [-0.25, -0.2) is 4.98 Å². The molecular weight excluding hydrogens is 274 g/mol. The zero-order chi connectivity index (χ0) is 15.7. The molecule has 0 saturated carbocycles. The molecule has 1 aromatic heterocycles. The normalized spacial score (nSPS) is 14.3. The molecule has 112 valence electrons. The third-order valence-corrected chi connectivity index (χ3v) is 3.32. The van der Waals surface area contributed by atoms with Crippen LogP contribution in [0.5, 0.6) is 0 Å². The molecule has 0 radical (unpaired) electrons. The van der Waals surface area contributed by atoms with E-state index < -0.39 is 5.97 Å². The number of imidazole rings is 1. The van der Waals surface area contributed by atoms with Crippen molar-refractivity contribution in [1.82, 2.24) is 14.9 Å². The van der Waals surface area contributed by atoms with Crippen molar-refractivity contribution in [2.24, 2.45) is 7.05 Å². The summed E-state index contributed by atoms with van der Waals surface area (Å²) >= 11 is 0. The number of ether oxygens (including phenoxy) is 1. The Bertz CT molecular complexity index is 670. The topological polar surface area (TPSA) is 90.3 Å². The second-order valence-electron chi connectivity index (χ2n) is 4.75. The Kier molecular flexibility index (Phi) is 3.93. The van der Waals surface area contributed by atoms with E-state index in [1.54, 1.807) is 14.0 Å². The summed E-state index contributed by atoms with van der Waals surface area (Å²) in [6.45, 7) is 5.20. The van der Waals surface area contributed by atoms with E-state index in [9.17, 15) is 14.4 Å². The maximum atomic E-state index is 12.4. The van der Waals surface area contributed by atoms with Crippen LogP contribution in [0.1, 0.15) is 47.6 Å². The second-order valence-corrected chi connectivity index (χ2v) is 4.75. The van der Waals surface area contributed by atoms with Gasteiger partial charge in [0, 0.05) is 26.1 Å². The fraction of sp³-hybridized carbons (Fsp3) is 0.429. The lowest BCUT2D eigenvalue weighted by molar-refractivity contribution is -0.142. The number of carbonyl (C=O) groups excluding carboxylic acids is 3. The number of allylic oxidation sites excluding steroid dienone is 2. The van der Waals surface area contributed by atoms with Crippen LogP contribution in [0.25, 0.3) is 0 Å². The van der Waals surface area contributed by atoms with Crippen LogP contribution in [0.3, 0.4) is 0 Å². The molecule has 0 aliphatic heterocycles. The molecule has 0 aromatic carbocycles. The maximum Gasteiger partial charge on any atom is 0.303 e. The summed E-state index contributed by atoms with van der Waals surface area (Å²) in [5.41, 5.74) is 0.996. The first kappa shape index (κ1) is 15.0. The summed E-state index contributed by atoms with van der Waals surface area (Å²) < 4.78 is 6.39. The van der Waals surface area contributed by atoms with Crippen molar-refractivity contribution < 1.29 is 19.1 Å². The molecule has 2 rings (SSSR count). The number of hydrogen-bond acceptors (Lipinski definition) is 6. The lowest BCUT2D eigenvalue weighted by Crippen LogP contribution is -2.30. The number of ketones is 2. The van der Waals surface area contributed by atoms with Gasteiger partial charge in [0.15, 0.2) is 0 Å². The number of Topliss-reactive ketones (excluding diaryl/α,β-unsaturated/α-hetero) is 2. The summed E-state index contributed by atoms with van der Waals surface area (Å²) in [5.74, 6) is -0.642. The molecule has 0 bridgehead atoms. The number of rotatable bonds is 4. The SMILES string of the molecule is CCNC1=C(C)C(=O)c2c(nc(COC(C)=O)n2C)C1=O. The van der Waals surface area contributed by atoms with E-state index >= 15 is 0 Å². The average Bonchev–Trinajstić information content (AvgIpc) is 2.76. The molecule has 0 fully saturated rings. The monoisotopic (exact) mass is 291 g/mol. The highest BCUT2D eigenvalue weighted by atomic mass is 16.5. The number of aromatic nitrogens is 2. The first-order valence-electron chi connectivity index (χ1n) is 6.61. The van der Waals surface area contributed by atoms with Gasteiger partial charge in [-0.3, -0.25) is 14.4 Å². The summed E-state index contributed by atoms with van der Waals surface area (Å²) in [6.07, 6.45) is 0. The molecule has 1 heterocycles. The van der Waals surface area contributed by atoms with Crippen LogP contribution in [0, 0.1) is 0 Å². The molecule has 21 heavy (non-hydrogen) atoms. The van der Waals surface area contributed by atoms with Crippen molar-refractivity contribution in [1.29, 1.82) is 0 Å². The van der Waals surface area contributed by atoms with Gasteiger partial charge in [0.25, 0.3) is 0 Å². The van der Waals surface area contributed by atoms with Gasteiger partial charge in [0.05, 0.1) is 5.70 Å². The third-order valence-electron chi connectivity index (χ3n) is 3.32. The van der Waals surface area contributed by atoms with Gasteiger partial charge in [-0.15, -0.1) is 0 Å². The summed E-state index contributed by atoms with van der Waals surface area (Å²) in [5, 5.41) is 2.91. The van der Waals surface area contributed by atoms with E-state index in [0.717, 1.165) is 0 Å². The standard InChI is InChI=1S/C14H17N3O4/c1-5-15-10-7(2)13(19)12-11(14(10)20)16-9(17(12)4)6-21-8(3)18/h15H,5-6H2,1-4H3. The molecule has 0 atom stereocenters. The smallest absolute Gasteiger partial charge is 0.303 e. The Morgan fingerprint density at radius 3 is 2.57 bits per heavy atom. The molecule has 7 nitrogen and oxygen atoms in total. The Hall–Kier alpha value is -2.44. The summed E-state index contributed by atoms with van der Waals surface area (Å²) in [7, 11) is 1.63. The highest BCUT2D eigenvalue weighted by Crippen LogP contribution is 2.25. The zero-order valence-corrected chi connectivity index (χ0v) is 12.4. The molecule has 1 N–H and O–H groups in total. The van der Waals surface area contributed by atoms with Crippen LogP contribution in [0.2, 0.25) is 0 Å². The van der Waals surface area contributed by atoms with Crippen molar-refractivity contribution in [3.05, 3.63) is 28.5 Å². The van der Waals surface area contributed by atoms with Gasteiger partial charge < -0.3 is 14.6 Å². The van der Waals surface area contributed by atoms with E-state index in [1.165, 1.54) is 11.5 Å². The first-order chi connectivity index (χ1) is 9.88. The van der Waals surface area contributed by atoms with Crippen LogP contribution in [0.15, 0.2) is 11.3 Å². The Morgan fingerprint density at radius 1 is 1.33 bits per heavy atom. The lowest BCUT2D eigenvalue weighted by Gasteiger charge is -2.17. The molecule has 0 unspecified atom stereocenters. The minimum atomic E-state index is -0.448. The first-order valence-corrected chi connectivity index (χ1v) is 6.61. The fourth-order valence-corrected chi connectivity index (χ4v) is 2.23. The van der Waals surface area contributed by atoms with Crippen LogP contribution in [-0.4, -0.2) is 33.6 Å². The highest BCUT2D eigenvalue weighted by molar-refractivity contribution is 6.25. The molecule has 7 heteroatoms. The van der Waals surface area contributed by atoms with Gasteiger partial charge in [-0.2, -0.15) is 0 Å². The van der Waals surface area contributed by atoms with E-state index in [0.29, 0.717) is 17.9 Å². The van der Waals surface area contributed by atoms with E-state index in [4.69, 9.17) is 4.74 Å². The second kappa shape index (κ2) is 5.51. The van der Waals surface area contributed by atoms with Gasteiger partial charge in [0.1, 0.15) is 23.8 Å². The molecule has 0 amide bonds. The Labute approximate surface area is 122 Å². The van der Waals surface area contributed by atoms with Crippen molar-refractivity contribution in [3.8, 4) is 0 Å². The maximum absolute atomic E-state index is 12.4. The summed E-state index contributed by atoms with van der Waals surface area (Å²) in [6, 6.07) is 0. The number of carbonyl (C=O) groups is 3. The van der Waals surface area contributed by atoms with Crippen LogP contribution in [0.4, 0.5) is 0 Å². The number of nitrogens with zero attached hydrogens (tertiary/aromatic N) is 2. The van der Waals surface area contributed by atoms with Crippen LogP contribution < -0.4 is 5.32 Å². The number of likely N-dealkylation sites (N-methyl/N-ethyl adjacent to an activating group) is 1. The van der Waals surface area contributed by atoms with E-state index in [1.807, 2.05) is 6.92 Å². The molecule has 1 aliphatic carbocycles. The molecule has 1 aliphatic rings. The van der Waals surface area contributed by atoms with Crippen LogP contribution in [-0.2, 0) is 23.2 Å². The number of hydrogen-bond donors (Lipinski definition) is 1.